The highest BCUT2D eigenvalue weighted by Gasteiger charge is 2.26. The van der Waals surface area contributed by atoms with Crippen LogP contribution in [0.3, 0.4) is 0 Å². The van der Waals surface area contributed by atoms with E-state index < -0.39 is 0 Å². The maximum Gasteiger partial charge on any atom is 0.272 e. The van der Waals surface area contributed by atoms with Crippen LogP contribution in [0, 0.1) is 19.8 Å². The molecule has 0 radical (unpaired) electrons. The van der Waals surface area contributed by atoms with Gasteiger partial charge in [-0.3, -0.25) is 9.59 Å². The zero-order valence-corrected chi connectivity index (χ0v) is 16.7. The van der Waals surface area contributed by atoms with E-state index in [9.17, 15) is 9.59 Å². The van der Waals surface area contributed by atoms with E-state index in [1.54, 1.807) is 13.0 Å². The van der Waals surface area contributed by atoms with E-state index in [2.05, 4.69) is 20.3 Å². The van der Waals surface area contributed by atoms with Crippen LogP contribution in [-0.4, -0.2) is 51.3 Å². The van der Waals surface area contributed by atoms with Crippen molar-refractivity contribution in [1.82, 2.24) is 25.2 Å². The summed E-state index contributed by atoms with van der Waals surface area (Å²) < 4.78 is 0. The molecule has 3 aromatic rings. The Hall–Kier alpha value is -3.22. The van der Waals surface area contributed by atoms with Crippen LogP contribution < -0.4 is 5.32 Å². The highest BCUT2D eigenvalue weighted by molar-refractivity contribution is 5.98. The summed E-state index contributed by atoms with van der Waals surface area (Å²) in [6.07, 6.45) is 1.90. The average Bonchev–Trinajstić information content (AvgIpc) is 3.15. The number of benzene rings is 1. The molecule has 0 bridgehead atoms. The van der Waals surface area contributed by atoms with Crippen molar-refractivity contribution in [1.29, 1.82) is 0 Å². The van der Waals surface area contributed by atoms with Crippen LogP contribution in [0.15, 0.2) is 36.4 Å². The summed E-state index contributed by atoms with van der Waals surface area (Å²) in [7, 11) is 0. The zero-order chi connectivity index (χ0) is 20.4. The number of amides is 2. The number of carbonyl (C=O) groups excluding carboxylic acids is 2. The van der Waals surface area contributed by atoms with Gasteiger partial charge in [0.25, 0.3) is 11.8 Å². The molecule has 1 aliphatic rings. The first kappa shape index (κ1) is 19.1. The molecule has 0 aliphatic carbocycles. The van der Waals surface area contributed by atoms with Crippen molar-refractivity contribution in [3.63, 3.8) is 0 Å². The van der Waals surface area contributed by atoms with E-state index in [1.165, 1.54) is 0 Å². The lowest BCUT2D eigenvalue weighted by molar-refractivity contribution is 0.0664. The Morgan fingerprint density at radius 1 is 1.21 bits per heavy atom. The Kier molecular flexibility index (Phi) is 5.29. The van der Waals surface area contributed by atoms with Gasteiger partial charge in [0.05, 0.1) is 0 Å². The van der Waals surface area contributed by atoms with Crippen molar-refractivity contribution in [3.8, 4) is 0 Å². The first-order valence-electron chi connectivity index (χ1n) is 9.97. The fourth-order valence-corrected chi connectivity index (χ4v) is 3.93. The normalized spacial score (nSPS) is 16.8. The van der Waals surface area contributed by atoms with Crippen molar-refractivity contribution < 1.29 is 9.59 Å². The second-order valence-corrected chi connectivity index (χ2v) is 7.68. The minimum absolute atomic E-state index is 0.0646. The maximum atomic E-state index is 12.9. The molecule has 1 aromatic carbocycles. The third-order valence-electron chi connectivity index (χ3n) is 5.32. The van der Waals surface area contributed by atoms with Gasteiger partial charge in [0.15, 0.2) is 0 Å². The van der Waals surface area contributed by atoms with Crippen molar-refractivity contribution in [3.05, 3.63) is 59.3 Å². The fraction of sp³-hybridized carbons (Fsp3) is 0.364. The molecule has 0 spiro atoms. The van der Waals surface area contributed by atoms with Gasteiger partial charge in [-0.2, -0.15) is 0 Å². The highest BCUT2D eigenvalue weighted by atomic mass is 16.2. The number of nitrogens with zero attached hydrogens (tertiary/aromatic N) is 3. The van der Waals surface area contributed by atoms with E-state index >= 15 is 0 Å². The molecule has 2 N–H and O–H groups in total. The molecular formula is C22H25N5O2. The Morgan fingerprint density at radius 3 is 2.83 bits per heavy atom. The molecule has 2 amide bonds. The predicted octanol–water partition coefficient (Wildman–Crippen LogP) is 2.86. The quantitative estimate of drug-likeness (QED) is 0.715. The number of hydrogen-bond donors (Lipinski definition) is 2. The molecule has 1 aliphatic heterocycles. The number of aryl methyl sites for hydroxylation is 2. The highest BCUT2D eigenvalue weighted by Crippen LogP contribution is 2.19. The van der Waals surface area contributed by atoms with Crippen molar-refractivity contribution >= 4 is 22.7 Å². The number of fused-ring (bicyclic) bond motifs is 1. The van der Waals surface area contributed by atoms with Crippen LogP contribution >= 0.6 is 0 Å². The van der Waals surface area contributed by atoms with E-state index in [0.717, 1.165) is 29.4 Å². The molecule has 7 heteroatoms. The third-order valence-corrected chi connectivity index (χ3v) is 5.32. The lowest BCUT2D eigenvalue weighted by atomic mass is 9.97. The number of nitrogens with one attached hydrogen (secondary N) is 2. The zero-order valence-electron chi connectivity index (χ0n) is 16.7. The molecule has 29 heavy (non-hydrogen) atoms. The van der Waals surface area contributed by atoms with Gasteiger partial charge < -0.3 is 15.2 Å². The molecule has 3 heterocycles. The number of carbonyl (C=O) groups is 2. The van der Waals surface area contributed by atoms with Gasteiger partial charge in [-0.25, -0.2) is 9.97 Å². The van der Waals surface area contributed by atoms with Gasteiger partial charge in [-0.05, 0) is 50.8 Å². The van der Waals surface area contributed by atoms with Crippen molar-refractivity contribution in [2.24, 2.45) is 5.92 Å². The smallest absolute Gasteiger partial charge is 0.272 e. The van der Waals surface area contributed by atoms with E-state index in [-0.39, 0.29) is 17.7 Å². The van der Waals surface area contributed by atoms with Crippen molar-refractivity contribution in [2.75, 3.05) is 19.6 Å². The summed E-state index contributed by atoms with van der Waals surface area (Å²) in [5.74, 6) is 0.648. The number of rotatable bonds is 4. The lowest BCUT2D eigenvalue weighted by Gasteiger charge is -2.32. The number of piperidine rings is 1. The summed E-state index contributed by atoms with van der Waals surface area (Å²) in [5.41, 5.74) is 2.74. The van der Waals surface area contributed by atoms with Crippen LogP contribution in [0.5, 0.6) is 0 Å². The largest absolute Gasteiger partial charge is 0.351 e. The first-order valence-corrected chi connectivity index (χ1v) is 9.97. The first-order chi connectivity index (χ1) is 14.0. The lowest BCUT2D eigenvalue weighted by Crippen LogP contribution is -2.44. The number of likely N-dealkylation sites (tertiary alicyclic amines) is 1. The molecule has 1 saturated heterocycles. The molecule has 7 nitrogen and oxygen atoms in total. The van der Waals surface area contributed by atoms with Gasteiger partial charge in [0, 0.05) is 36.2 Å². The maximum absolute atomic E-state index is 12.9. The number of H-pyrrole nitrogens is 1. The Balaban J connectivity index is 1.37. The van der Waals surface area contributed by atoms with Gasteiger partial charge in [0.1, 0.15) is 17.2 Å². The van der Waals surface area contributed by atoms with Crippen LogP contribution in [0.2, 0.25) is 0 Å². The molecule has 4 rings (SSSR count). The topological polar surface area (TPSA) is 91.0 Å². The number of hydrogen-bond acceptors (Lipinski definition) is 4. The molecule has 1 fully saturated rings. The number of aromatic amines is 1. The van der Waals surface area contributed by atoms with E-state index in [1.807, 2.05) is 42.2 Å². The SMILES string of the molecule is Cc1cc(C(=O)N2CCC[C@H](CNC(=O)c3cc4ccccc4[nH]3)C2)nc(C)n1. The minimum Gasteiger partial charge on any atom is -0.351 e. The predicted molar refractivity (Wildman–Crippen MR) is 111 cm³/mol. The summed E-state index contributed by atoms with van der Waals surface area (Å²) in [6, 6.07) is 11.4. The van der Waals surface area contributed by atoms with Crippen LogP contribution in [0.4, 0.5) is 0 Å². The summed E-state index contributed by atoms with van der Waals surface area (Å²) >= 11 is 0. The van der Waals surface area contributed by atoms with Gasteiger partial charge in [-0.1, -0.05) is 18.2 Å². The molecule has 1 atom stereocenters. The number of aromatic nitrogens is 3. The van der Waals surface area contributed by atoms with E-state index in [4.69, 9.17) is 0 Å². The monoisotopic (exact) mass is 391 g/mol. The van der Waals surface area contributed by atoms with Gasteiger partial charge >= 0.3 is 0 Å². The molecule has 0 saturated carbocycles. The van der Waals surface area contributed by atoms with Crippen LogP contribution in [0.25, 0.3) is 10.9 Å². The second-order valence-electron chi connectivity index (χ2n) is 7.68. The van der Waals surface area contributed by atoms with Crippen LogP contribution in [0.1, 0.15) is 45.3 Å². The average molecular weight is 391 g/mol. The summed E-state index contributed by atoms with van der Waals surface area (Å²) in [5, 5.41) is 4.03. The fourth-order valence-electron chi connectivity index (χ4n) is 3.93. The molecular weight excluding hydrogens is 366 g/mol. The molecule has 0 unspecified atom stereocenters. The molecule has 150 valence electrons. The van der Waals surface area contributed by atoms with Gasteiger partial charge in [0.2, 0.25) is 0 Å². The Morgan fingerprint density at radius 2 is 2.03 bits per heavy atom. The Bertz CT molecular complexity index is 1010. The minimum atomic E-state index is -0.119. The second kappa shape index (κ2) is 8.03. The summed E-state index contributed by atoms with van der Waals surface area (Å²) in [4.78, 5) is 38.9. The number of para-hydroxylation sites is 1. The van der Waals surface area contributed by atoms with Crippen LogP contribution in [-0.2, 0) is 0 Å². The Labute approximate surface area is 169 Å². The van der Waals surface area contributed by atoms with E-state index in [0.29, 0.717) is 36.8 Å². The summed E-state index contributed by atoms with van der Waals surface area (Å²) in [6.45, 7) is 5.54. The third kappa shape index (κ3) is 4.29. The van der Waals surface area contributed by atoms with Gasteiger partial charge in [-0.15, -0.1) is 0 Å². The molecule has 2 aromatic heterocycles. The standard InChI is InChI=1S/C22H25N5O2/c1-14-10-20(25-15(2)24-14)22(29)27-9-5-6-16(13-27)12-23-21(28)19-11-17-7-3-4-8-18(17)26-19/h3-4,7-8,10-11,16,26H,5-6,9,12-13H2,1-2H3,(H,23,28)/t16-/m1/s1. The van der Waals surface area contributed by atoms with Crippen molar-refractivity contribution in [2.45, 2.75) is 26.7 Å².